The largest absolute Gasteiger partial charge is 0.395 e. The minimum absolute atomic E-state index is 0.0602. The lowest BCUT2D eigenvalue weighted by Gasteiger charge is -2.23. The predicted molar refractivity (Wildman–Crippen MR) is 52.8 cm³/mol. The molecule has 1 N–H and O–H groups in total. The highest BCUT2D eigenvalue weighted by molar-refractivity contribution is 4.82. The Morgan fingerprint density at radius 1 is 1.54 bits per heavy atom. The number of nitrogens with zero attached hydrogens (tertiary/aromatic N) is 1. The fourth-order valence-electron chi connectivity index (χ4n) is 1.82. The zero-order chi connectivity index (χ0) is 9.90. The molecule has 0 aromatic rings. The number of likely N-dealkylation sites (N-methyl/N-ethyl adjacent to an activating group) is 1. The number of ether oxygens (including phenoxy) is 1. The van der Waals surface area contributed by atoms with E-state index in [0.717, 1.165) is 25.9 Å². The van der Waals surface area contributed by atoms with Crippen LogP contribution in [-0.2, 0) is 4.74 Å². The van der Waals surface area contributed by atoms with E-state index in [9.17, 15) is 0 Å². The SMILES string of the molecule is CN(CCO)CC1CCC(C)(C)O1. The van der Waals surface area contributed by atoms with Gasteiger partial charge in [-0.05, 0) is 33.7 Å². The van der Waals surface area contributed by atoms with Crippen molar-refractivity contribution in [2.75, 3.05) is 26.7 Å². The first-order valence-electron chi connectivity index (χ1n) is 5.01. The molecule has 3 nitrogen and oxygen atoms in total. The Hall–Kier alpha value is -0.120. The molecule has 0 saturated carbocycles. The zero-order valence-electron chi connectivity index (χ0n) is 8.92. The second-order valence-electron chi connectivity index (χ2n) is 4.52. The maximum absolute atomic E-state index is 8.73. The minimum atomic E-state index is 0.0602. The minimum Gasteiger partial charge on any atom is -0.395 e. The summed E-state index contributed by atoms with van der Waals surface area (Å²) in [6.07, 6.45) is 2.64. The molecule has 1 saturated heterocycles. The maximum Gasteiger partial charge on any atom is 0.0710 e. The molecule has 1 heterocycles. The summed E-state index contributed by atoms with van der Waals surface area (Å²) in [6.45, 7) is 6.18. The van der Waals surface area contributed by atoms with Crippen LogP contribution in [0, 0.1) is 0 Å². The monoisotopic (exact) mass is 187 g/mol. The van der Waals surface area contributed by atoms with E-state index >= 15 is 0 Å². The summed E-state index contributed by atoms with van der Waals surface area (Å²) < 4.78 is 5.84. The molecule has 1 aliphatic heterocycles. The normalized spacial score (nSPS) is 27.0. The van der Waals surface area contributed by atoms with Crippen molar-refractivity contribution in [2.45, 2.75) is 38.4 Å². The highest BCUT2D eigenvalue weighted by Gasteiger charge is 2.31. The maximum atomic E-state index is 8.73. The second-order valence-corrected chi connectivity index (χ2v) is 4.52. The van der Waals surface area contributed by atoms with Gasteiger partial charge in [0, 0.05) is 13.1 Å². The van der Waals surface area contributed by atoms with E-state index in [-0.39, 0.29) is 12.2 Å². The van der Waals surface area contributed by atoms with Gasteiger partial charge in [0.05, 0.1) is 18.3 Å². The van der Waals surface area contributed by atoms with Gasteiger partial charge in [-0.25, -0.2) is 0 Å². The van der Waals surface area contributed by atoms with Crippen molar-refractivity contribution < 1.29 is 9.84 Å². The Bertz CT molecular complexity index is 159. The molecule has 13 heavy (non-hydrogen) atoms. The molecule has 0 amide bonds. The van der Waals surface area contributed by atoms with Crippen LogP contribution < -0.4 is 0 Å². The van der Waals surface area contributed by atoms with Crippen LogP contribution in [0.3, 0.4) is 0 Å². The van der Waals surface area contributed by atoms with E-state index in [2.05, 4.69) is 18.7 Å². The highest BCUT2D eigenvalue weighted by Crippen LogP contribution is 2.29. The molecular weight excluding hydrogens is 166 g/mol. The summed E-state index contributed by atoms with van der Waals surface area (Å²) in [5.74, 6) is 0. The standard InChI is InChI=1S/C10H21NO2/c1-10(2)5-4-9(13-10)8-11(3)6-7-12/h9,12H,4-8H2,1-3H3. The summed E-state index contributed by atoms with van der Waals surface area (Å²) in [6, 6.07) is 0. The topological polar surface area (TPSA) is 32.7 Å². The quantitative estimate of drug-likeness (QED) is 0.709. The molecule has 1 aliphatic rings. The Morgan fingerprint density at radius 3 is 2.69 bits per heavy atom. The van der Waals surface area contributed by atoms with Crippen LogP contribution >= 0.6 is 0 Å². The zero-order valence-corrected chi connectivity index (χ0v) is 8.92. The molecule has 0 radical (unpaired) electrons. The molecule has 0 bridgehead atoms. The van der Waals surface area contributed by atoms with Crippen LogP contribution in [0.25, 0.3) is 0 Å². The molecule has 0 aliphatic carbocycles. The summed E-state index contributed by atoms with van der Waals surface area (Å²) >= 11 is 0. The first-order chi connectivity index (χ1) is 6.03. The predicted octanol–water partition coefficient (Wildman–Crippen LogP) is 0.868. The van der Waals surface area contributed by atoms with Crippen LogP contribution in [0.5, 0.6) is 0 Å². The van der Waals surface area contributed by atoms with Crippen LogP contribution in [0.2, 0.25) is 0 Å². The van der Waals surface area contributed by atoms with Crippen LogP contribution in [0.4, 0.5) is 0 Å². The average Bonchev–Trinajstić information content (AvgIpc) is 2.30. The van der Waals surface area contributed by atoms with Crippen LogP contribution in [0.15, 0.2) is 0 Å². The lowest BCUT2D eigenvalue weighted by molar-refractivity contribution is -0.0269. The summed E-state index contributed by atoms with van der Waals surface area (Å²) in [7, 11) is 2.02. The van der Waals surface area contributed by atoms with Crippen LogP contribution in [-0.4, -0.2) is 48.5 Å². The van der Waals surface area contributed by atoms with Gasteiger partial charge in [0.2, 0.25) is 0 Å². The average molecular weight is 187 g/mol. The fraction of sp³-hybridized carbons (Fsp3) is 1.00. The van der Waals surface area contributed by atoms with Crippen LogP contribution in [0.1, 0.15) is 26.7 Å². The third kappa shape index (κ3) is 3.63. The van der Waals surface area contributed by atoms with Gasteiger partial charge in [0.1, 0.15) is 0 Å². The molecular formula is C10H21NO2. The Kier molecular flexibility index (Phi) is 3.71. The van der Waals surface area contributed by atoms with Crippen molar-refractivity contribution in [2.24, 2.45) is 0 Å². The molecule has 0 aromatic heterocycles. The molecule has 0 aromatic carbocycles. The Balaban J connectivity index is 2.24. The second kappa shape index (κ2) is 4.40. The Labute approximate surface area is 80.7 Å². The molecule has 1 atom stereocenters. The molecule has 1 rings (SSSR count). The smallest absolute Gasteiger partial charge is 0.0710 e. The van der Waals surface area contributed by atoms with Gasteiger partial charge >= 0.3 is 0 Å². The van der Waals surface area contributed by atoms with E-state index in [0.29, 0.717) is 6.10 Å². The number of rotatable bonds is 4. The van der Waals surface area contributed by atoms with Gasteiger partial charge in [0.15, 0.2) is 0 Å². The van der Waals surface area contributed by atoms with E-state index in [1.165, 1.54) is 0 Å². The van der Waals surface area contributed by atoms with Crippen molar-refractivity contribution in [3.63, 3.8) is 0 Å². The third-order valence-electron chi connectivity index (χ3n) is 2.55. The van der Waals surface area contributed by atoms with Crippen molar-refractivity contribution in [1.82, 2.24) is 4.90 Å². The van der Waals surface area contributed by atoms with Gasteiger partial charge in [0.25, 0.3) is 0 Å². The molecule has 1 unspecified atom stereocenters. The summed E-state index contributed by atoms with van der Waals surface area (Å²) in [4.78, 5) is 2.12. The first kappa shape index (κ1) is 11.0. The van der Waals surface area contributed by atoms with Gasteiger partial charge in [-0.3, -0.25) is 0 Å². The summed E-state index contributed by atoms with van der Waals surface area (Å²) in [5.41, 5.74) is 0.0602. The van der Waals surface area contributed by atoms with E-state index in [4.69, 9.17) is 9.84 Å². The lowest BCUT2D eigenvalue weighted by atomic mass is 10.1. The van der Waals surface area contributed by atoms with Gasteiger partial charge in [-0.15, -0.1) is 0 Å². The summed E-state index contributed by atoms with van der Waals surface area (Å²) in [5, 5.41) is 8.73. The fourth-order valence-corrected chi connectivity index (χ4v) is 1.82. The van der Waals surface area contributed by atoms with E-state index in [1.807, 2.05) is 7.05 Å². The first-order valence-corrected chi connectivity index (χ1v) is 5.01. The number of aliphatic hydroxyl groups is 1. The van der Waals surface area contributed by atoms with Gasteiger partial charge in [-0.2, -0.15) is 0 Å². The van der Waals surface area contributed by atoms with Crippen molar-refractivity contribution >= 4 is 0 Å². The molecule has 0 spiro atoms. The molecule has 1 fully saturated rings. The van der Waals surface area contributed by atoms with Gasteiger partial charge < -0.3 is 14.7 Å². The Morgan fingerprint density at radius 2 is 2.23 bits per heavy atom. The van der Waals surface area contributed by atoms with Crippen molar-refractivity contribution in [3.8, 4) is 0 Å². The molecule has 78 valence electrons. The number of hydrogen-bond acceptors (Lipinski definition) is 3. The number of hydrogen-bond donors (Lipinski definition) is 1. The van der Waals surface area contributed by atoms with Gasteiger partial charge in [-0.1, -0.05) is 0 Å². The van der Waals surface area contributed by atoms with E-state index in [1.54, 1.807) is 0 Å². The number of aliphatic hydroxyl groups excluding tert-OH is 1. The highest BCUT2D eigenvalue weighted by atomic mass is 16.5. The van der Waals surface area contributed by atoms with Crippen molar-refractivity contribution in [1.29, 1.82) is 0 Å². The lowest BCUT2D eigenvalue weighted by Crippen LogP contribution is -2.32. The molecule has 3 heteroatoms. The van der Waals surface area contributed by atoms with E-state index < -0.39 is 0 Å². The third-order valence-corrected chi connectivity index (χ3v) is 2.55. The van der Waals surface area contributed by atoms with Crippen molar-refractivity contribution in [3.05, 3.63) is 0 Å².